The molecular weight excluding hydrogens is 434 g/mol. The highest BCUT2D eigenvalue weighted by Crippen LogP contribution is 2.21. The Morgan fingerprint density at radius 1 is 1.03 bits per heavy atom. The molecule has 1 amide bonds. The van der Waals surface area contributed by atoms with Crippen molar-refractivity contribution < 1.29 is 14.3 Å². The maximum absolute atomic E-state index is 12.7. The number of piperazine rings is 1. The third kappa shape index (κ3) is 6.91. The van der Waals surface area contributed by atoms with E-state index in [0.717, 1.165) is 60.5 Å². The Kier molecular flexibility index (Phi) is 8.11. The van der Waals surface area contributed by atoms with E-state index in [1.807, 2.05) is 77.9 Å². The van der Waals surface area contributed by atoms with Crippen LogP contribution in [0.3, 0.4) is 0 Å². The van der Waals surface area contributed by atoms with E-state index in [9.17, 15) is 4.79 Å². The number of amides is 1. The Bertz CT molecular complexity index is 1060. The molecule has 1 aliphatic rings. The highest BCUT2D eigenvalue weighted by molar-refractivity contribution is 7.09. The zero-order chi connectivity index (χ0) is 22.9. The van der Waals surface area contributed by atoms with Gasteiger partial charge in [-0.05, 0) is 31.2 Å². The summed E-state index contributed by atoms with van der Waals surface area (Å²) < 4.78 is 11.7. The number of para-hydroxylation sites is 2. The second-order valence-electron chi connectivity index (χ2n) is 7.85. The molecule has 1 saturated heterocycles. The van der Waals surface area contributed by atoms with E-state index in [2.05, 4.69) is 9.88 Å². The van der Waals surface area contributed by atoms with E-state index in [1.54, 1.807) is 17.4 Å². The molecule has 0 atom stereocenters. The summed E-state index contributed by atoms with van der Waals surface area (Å²) in [5.41, 5.74) is 1.80. The molecule has 0 N–H and O–H groups in total. The van der Waals surface area contributed by atoms with Gasteiger partial charge in [-0.25, -0.2) is 4.98 Å². The fourth-order valence-electron chi connectivity index (χ4n) is 3.64. The average molecular weight is 464 g/mol. The number of carbonyl (C=O) groups is 1. The summed E-state index contributed by atoms with van der Waals surface area (Å²) in [6.07, 6.45) is 3.48. The molecule has 3 aromatic rings. The lowest BCUT2D eigenvalue weighted by molar-refractivity contribution is -0.127. The number of thiazole rings is 1. The van der Waals surface area contributed by atoms with Crippen LogP contribution in [-0.4, -0.2) is 60.0 Å². The standard InChI is InChI=1S/C26H29N3O3S/c1-21-27-23(20-33-21)19-32-25-10-6-5-7-22(25)11-12-26(30)29-15-13-28(14-16-29)17-18-31-24-8-3-2-4-9-24/h2-12,20H,13-19H2,1H3/b12-11+. The van der Waals surface area contributed by atoms with Gasteiger partial charge in [-0.15, -0.1) is 11.3 Å². The third-order valence-electron chi connectivity index (χ3n) is 5.47. The third-order valence-corrected chi connectivity index (χ3v) is 6.29. The molecule has 0 saturated carbocycles. The van der Waals surface area contributed by atoms with Crippen LogP contribution >= 0.6 is 11.3 Å². The van der Waals surface area contributed by atoms with Crippen molar-refractivity contribution in [2.24, 2.45) is 0 Å². The van der Waals surface area contributed by atoms with Crippen LogP contribution < -0.4 is 9.47 Å². The maximum Gasteiger partial charge on any atom is 0.246 e. The van der Waals surface area contributed by atoms with Crippen LogP contribution in [0.5, 0.6) is 11.5 Å². The quantitative estimate of drug-likeness (QED) is 0.444. The van der Waals surface area contributed by atoms with Crippen LogP contribution in [0.2, 0.25) is 0 Å². The molecule has 1 fully saturated rings. The van der Waals surface area contributed by atoms with Crippen LogP contribution in [0.4, 0.5) is 0 Å². The lowest BCUT2D eigenvalue weighted by atomic mass is 10.2. The van der Waals surface area contributed by atoms with Crippen molar-refractivity contribution >= 4 is 23.3 Å². The molecule has 7 heteroatoms. The van der Waals surface area contributed by atoms with Gasteiger partial charge in [0.1, 0.15) is 24.7 Å². The molecule has 2 aromatic carbocycles. The highest BCUT2D eigenvalue weighted by Gasteiger charge is 2.19. The molecule has 172 valence electrons. The lowest BCUT2D eigenvalue weighted by Gasteiger charge is -2.34. The highest BCUT2D eigenvalue weighted by atomic mass is 32.1. The fraction of sp³-hybridized carbons (Fsp3) is 0.308. The molecule has 1 aliphatic heterocycles. The van der Waals surface area contributed by atoms with Crippen LogP contribution in [0, 0.1) is 6.92 Å². The van der Waals surface area contributed by atoms with Crippen molar-refractivity contribution in [3.8, 4) is 11.5 Å². The Morgan fingerprint density at radius 2 is 1.79 bits per heavy atom. The summed E-state index contributed by atoms with van der Waals surface area (Å²) >= 11 is 1.61. The molecule has 0 aliphatic carbocycles. The van der Waals surface area contributed by atoms with Gasteiger partial charge in [0, 0.05) is 49.7 Å². The van der Waals surface area contributed by atoms with Gasteiger partial charge in [0.15, 0.2) is 0 Å². The van der Waals surface area contributed by atoms with Crippen molar-refractivity contribution in [3.05, 3.63) is 82.3 Å². The first-order chi connectivity index (χ1) is 16.2. The van der Waals surface area contributed by atoms with Gasteiger partial charge in [-0.3, -0.25) is 9.69 Å². The first kappa shape index (κ1) is 23.0. The SMILES string of the molecule is Cc1nc(COc2ccccc2/C=C/C(=O)N2CCN(CCOc3ccccc3)CC2)cs1. The van der Waals surface area contributed by atoms with Gasteiger partial charge in [-0.2, -0.15) is 0 Å². The number of aromatic nitrogens is 1. The van der Waals surface area contributed by atoms with Crippen molar-refractivity contribution in [2.75, 3.05) is 39.3 Å². The minimum Gasteiger partial charge on any atom is -0.492 e. The fourth-order valence-corrected chi connectivity index (χ4v) is 4.24. The lowest BCUT2D eigenvalue weighted by Crippen LogP contribution is -2.49. The molecule has 1 aromatic heterocycles. The zero-order valence-corrected chi connectivity index (χ0v) is 19.7. The molecule has 0 bridgehead atoms. The van der Waals surface area contributed by atoms with Gasteiger partial charge in [0.2, 0.25) is 5.91 Å². The van der Waals surface area contributed by atoms with Crippen molar-refractivity contribution in [3.63, 3.8) is 0 Å². The Balaban J connectivity index is 1.23. The summed E-state index contributed by atoms with van der Waals surface area (Å²) in [7, 11) is 0. The summed E-state index contributed by atoms with van der Waals surface area (Å²) in [5, 5.41) is 3.03. The number of aryl methyl sites for hydroxylation is 1. The number of rotatable bonds is 9. The number of benzene rings is 2. The first-order valence-electron chi connectivity index (χ1n) is 11.2. The number of nitrogens with zero attached hydrogens (tertiary/aromatic N) is 3. The predicted octanol–water partition coefficient (Wildman–Crippen LogP) is 4.27. The number of carbonyl (C=O) groups excluding carboxylic acids is 1. The van der Waals surface area contributed by atoms with Gasteiger partial charge in [-0.1, -0.05) is 36.4 Å². The van der Waals surface area contributed by atoms with Crippen molar-refractivity contribution in [2.45, 2.75) is 13.5 Å². The van der Waals surface area contributed by atoms with Crippen molar-refractivity contribution in [1.29, 1.82) is 0 Å². The maximum atomic E-state index is 12.7. The van der Waals surface area contributed by atoms with E-state index < -0.39 is 0 Å². The predicted molar refractivity (Wildman–Crippen MR) is 132 cm³/mol. The first-order valence-corrected chi connectivity index (χ1v) is 12.1. The van der Waals surface area contributed by atoms with Gasteiger partial charge < -0.3 is 14.4 Å². The van der Waals surface area contributed by atoms with E-state index >= 15 is 0 Å². The van der Waals surface area contributed by atoms with Crippen LogP contribution in [0.15, 0.2) is 66.1 Å². The summed E-state index contributed by atoms with van der Waals surface area (Å²) in [6, 6.07) is 17.6. The summed E-state index contributed by atoms with van der Waals surface area (Å²) in [6.45, 7) is 7.04. The molecule has 33 heavy (non-hydrogen) atoms. The van der Waals surface area contributed by atoms with E-state index in [-0.39, 0.29) is 5.91 Å². The van der Waals surface area contributed by atoms with Crippen LogP contribution in [0.25, 0.3) is 6.08 Å². The normalized spacial score (nSPS) is 14.5. The topological polar surface area (TPSA) is 54.9 Å². The Hall–Kier alpha value is -3.16. The molecule has 0 radical (unpaired) electrons. The molecule has 2 heterocycles. The molecule has 0 unspecified atom stereocenters. The minimum absolute atomic E-state index is 0.0279. The van der Waals surface area contributed by atoms with E-state index in [0.29, 0.717) is 13.2 Å². The molecular formula is C26H29N3O3S. The monoisotopic (exact) mass is 463 g/mol. The van der Waals surface area contributed by atoms with E-state index in [4.69, 9.17) is 9.47 Å². The average Bonchev–Trinajstić information content (AvgIpc) is 3.28. The Morgan fingerprint density at radius 3 is 2.55 bits per heavy atom. The Labute approximate surface area is 199 Å². The second-order valence-corrected chi connectivity index (χ2v) is 8.91. The number of hydrogen-bond donors (Lipinski definition) is 0. The number of ether oxygens (including phenoxy) is 2. The minimum atomic E-state index is 0.0279. The van der Waals surface area contributed by atoms with Crippen molar-refractivity contribution in [1.82, 2.24) is 14.8 Å². The smallest absolute Gasteiger partial charge is 0.246 e. The second kappa shape index (κ2) is 11.6. The molecule has 0 spiro atoms. The van der Waals surface area contributed by atoms with Gasteiger partial charge in [0.05, 0.1) is 10.7 Å². The van der Waals surface area contributed by atoms with E-state index in [1.165, 1.54) is 0 Å². The summed E-state index contributed by atoms with van der Waals surface area (Å²) in [5.74, 6) is 1.66. The van der Waals surface area contributed by atoms with Gasteiger partial charge >= 0.3 is 0 Å². The number of hydrogen-bond acceptors (Lipinski definition) is 6. The zero-order valence-electron chi connectivity index (χ0n) is 18.9. The van der Waals surface area contributed by atoms with Crippen LogP contribution in [0.1, 0.15) is 16.3 Å². The molecule has 4 rings (SSSR count). The van der Waals surface area contributed by atoms with Gasteiger partial charge in [0.25, 0.3) is 0 Å². The van der Waals surface area contributed by atoms with Crippen LogP contribution in [-0.2, 0) is 11.4 Å². The summed E-state index contributed by atoms with van der Waals surface area (Å²) in [4.78, 5) is 21.4. The largest absolute Gasteiger partial charge is 0.492 e. The molecule has 6 nitrogen and oxygen atoms in total.